The molecule has 1 atom stereocenters. The molecule has 2 rings (SSSR count). The Hall–Kier alpha value is -0.640. The summed E-state index contributed by atoms with van der Waals surface area (Å²) in [6.07, 6.45) is 2.59. The Morgan fingerprint density at radius 3 is 2.65 bits per heavy atom. The SMILES string of the molecule is CN1CCCC1CNCc1ccc(F)cc1.Cl. The molecule has 2 nitrogen and oxygen atoms in total. The van der Waals surface area contributed by atoms with Crippen molar-refractivity contribution in [2.75, 3.05) is 20.1 Å². The maximum atomic E-state index is 12.7. The minimum absolute atomic E-state index is 0. The van der Waals surface area contributed by atoms with Crippen LogP contribution in [-0.4, -0.2) is 31.1 Å². The van der Waals surface area contributed by atoms with Crippen molar-refractivity contribution in [3.05, 3.63) is 35.6 Å². The lowest BCUT2D eigenvalue weighted by Crippen LogP contribution is -2.35. The Balaban J connectivity index is 0.00000144. The summed E-state index contributed by atoms with van der Waals surface area (Å²) in [7, 11) is 2.18. The fraction of sp³-hybridized carbons (Fsp3) is 0.538. The average Bonchev–Trinajstić information content (AvgIpc) is 2.68. The van der Waals surface area contributed by atoms with Crippen LogP contribution in [0.5, 0.6) is 0 Å². The molecule has 0 aliphatic carbocycles. The normalized spacial score (nSPS) is 20.2. The van der Waals surface area contributed by atoms with E-state index >= 15 is 0 Å². The van der Waals surface area contributed by atoms with E-state index in [0.717, 1.165) is 18.7 Å². The number of rotatable bonds is 4. The molecule has 1 unspecified atom stereocenters. The average molecular weight is 259 g/mol. The van der Waals surface area contributed by atoms with Gasteiger partial charge in [-0.3, -0.25) is 0 Å². The highest BCUT2D eigenvalue weighted by Gasteiger charge is 2.19. The summed E-state index contributed by atoms with van der Waals surface area (Å²) in [4.78, 5) is 2.40. The zero-order chi connectivity index (χ0) is 11.4. The van der Waals surface area contributed by atoms with Crippen molar-refractivity contribution >= 4 is 12.4 Å². The van der Waals surface area contributed by atoms with Crippen LogP contribution in [0.4, 0.5) is 4.39 Å². The standard InChI is InChI=1S/C13H19FN2.ClH/c1-16-8-2-3-13(16)10-15-9-11-4-6-12(14)7-5-11;/h4-7,13,15H,2-3,8-10H2,1H3;1H. The number of halogens is 2. The van der Waals surface area contributed by atoms with E-state index in [0.29, 0.717) is 6.04 Å². The van der Waals surface area contributed by atoms with Crippen molar-refractivity contribution in [3.63, 3.8) is 0 Å². The molecule has 0 spiro atoms. The van der Waals surface area contributed by atoms with Gasteiger partial charge in [-0.25, -0.2) is 4.39 Å². The van der Waals surface area contributed by atoms with E-state index < -0.39 is 0 Å². The van der Waals surface area contributed by atoms with Crippen molar-refractivity contribution in [1.29, 1.82) is 0 Å². The van der Waals surface area contributed by atoms with E-state index in [1.807, 2.05) is 12.1 Å². The molecule has 1 saturated heterocycles. The molecule has 1 aliphatic heterocycles. The van der Waals surface area contributed by atoms with Crippen molar-refractivity contribution in [2.45, 2.75) is 25.4 Å². The second-order valence-corrected chi connectivity index (χ2v) is 4.53. The first kappa shape index (κ1) is 14.4. The van der Waals surface area contributed by atoms with E-state index in [4.69, 9.17) is 0 Å². The van der Waals surface area contributed by atoms with E-state index in [-0.39, 0.29) is 18.2 Å². The summed E-state index contributed by atoms with van der Waals surface area (Å²) in [6.45, 7) is 3.06. The third kappa shape index (κ3) is 4.26. The Bertz CT molecular complexity index is 329. The van der Waals surface area contributed by atoms with Crippen molar-refractivity contribution in [3.8, 4) is 0 Å². The molecule has 1 aromatic carbocycles. The topological polar surface area (TPSA) is 15.3 Å². The first-order valence-electron chi connectivity index (χ1n) is 5.91. The number of nitrogens with zero attached hydrogens (tertiary/aromatic N) is 1. The third-order valence-electron chi connectivity index (χ3n) is 3.29. The number of hydrogen-bond acceptors (Lipinski definition) is 2. The zero-order valence-corrected chi connectivity index (χ0v) is 11.0. The smallest absolute Gasteiger partial charge is 0.123 e. The molecule has 1 aromatic rings. The lowest BCUT2D eigenvalue weighted by Gasteiger charge is -2.19. The maximum absolute atomic E-state index is 12.7. The van der Waals surface area contributed by atoms with Crippen molar-refractivity contribution in [1.82, 2.24) is 10.2 Å². The molecule has 0 aromatic heterocycles. The molecule has 1 fully saturated rings. The lowest BCUT2D eigenvalue weighted by atomic mass is 10.2. The second kappa shape index (κ2) is 6.94. The molecular formula is C13H20ClFN2. The monoisotopic (exact) mass is 258 g/mol. The minimum Gasteiger partial charge on any atom is -0.311 e. The molecular weight excluding hydrogens is 239 g/mol. The van der Waals surface area contributed by atoms with Gasteiger partial charge >= 0.3 is 0 Å². The summed E-state index contributed by atoms with van der Waals surface area (Å²) in [6, 6.07) is 7.36. The quantitative estimate of drug-likeness (QED) is 0.893. The van der Waals surface area contributed by atoms with E-state index in [9.17, 15) is 4.39 Å². The number of nitrogens with one attached hydrogen (secondary N) is 1. The van der Waals surface area contributed by atoms with Crippen molar-refractivity contribution < 1.29 is 4.39 Å². The van der Waals surface area contributed by atoms with Gasteiger partial charge in [0, 0.05) is 19.1 Å². The zero-order valence-electron chi connectivity index (χ0n) is 10.2. The molecule has 0 bridgehead atoms. The third-order valence-corrected chi connectivity index (χ3v) is 3.29. The molecule has 0 saturated carbocycles. The Labute approximate surface area is 109 Å². The molecule has 1 aliphatic rings. The van der Waals surface area contributed by atoms with Gasteiger partial charge in [0.2, 0.25) is 0 Å². The van der Waals surface area contributed by atoms with Gasteiger partial charge in [0.15, 0.2) is 0 Å². The summed E-state index contributed by atoms with van der Waals surface area (Å²) < 4.78 is 12.7. The van der Waals surface area contributed by atoms with Gasteiger partial charge in [0.1, 0.15) is 5.82 Å². The second-order valence-electron chi connectivity index (χ2n) is 4.53. The summed E-state index contributed by atoms with van der Waals surface area (Å²) >= 11 is 0. The van der Waals surface area contributed by atoms with Crippen LogP contribution >= 0.6 is 12.4 Å². The van der Waals surface area contributed by atoms with Gasteiger partial charge in [-0.15, -0.1) is 12.4 Å². The molecule has 1 heterocycles. The largest absolute Gasteiger partial charge is 0.311 e. The number of likely N-dealkylation sites (tertiary alicyclic amines) is 1. The number of likely N-dealkylation sites (N-methyl/N-ethyl adjacent to an activating group) is 1. The summed E-state index contributed by atoms with van der Waals surface area (Å²) in [5.41, 5.74) is 1.14. The van der Waals surface area contributed by atoms with Gasteiger partial charge in [-0.05, 0) is 44.1 Å². The van der Waals surface area contributed by atoms with Gasteiger partial charge < -0.3 is 10.2 Å². The number of benzene rings is 1. The van der Waals surface area contributed by atoms with Crippen LogP contribution in [0.15, 0.2) is 24.3 Å². The summed E-state index contributed by atoms with van der Waals surface area (Å²) in [5.74, 6) is -0.167. The Morgan fingerprint density at radius 1 is 1.35 bits per heavy atom. The highest BCUT2D eigenvalue weighted by atomic mass is 35.5. The molecule has 17 heavy (non-hydrogen) atoms. The van der Waals surface area contributed by atoms with Gasteiger partial charge in [0.05, 0.1) is 0 Å². The molecule has 96 valence electrons. The van der Waals surface area contributed by atoms with Gasteiger partial charge in [-0.2, -0.15) is 0 Å². The van der Waals surface area contributed by atoms with Crippen LogP contribution < -0.4 is 5.32 Å². The van der Waals surface area contributed by atoms with E-state index in [2.05, 4.69) is 17.3 Å². The van der Waals surface area contributed by atoms with Crippen molar-refractivity contribution in [2.24, 2.45) is 0 Å². The highest BCUT2D eigenvalue weighted by molar-refractivity contribution is 5.85. The van der Waals surface area contributed by atoms with Crippen LogP contribution in [-0.2, 0) is 6.54 Å². The molecule has 0 amide bonds. The fourth-order valence-electron chi connectivity index (χ4n) is 2.22. The van der Waals surface area contributed by atoms with E-state index in [1.54, 1.807) is 0 Å². The van der Waals surface area contributed by atoms with Crippen LogP contribution in [0.1, 0.15) is 18.4 Å². The Kier molecular flexibility index (Phi) is 5.89. The number of hydrogen-bond donors (Lipinski definition) is 1. The highest BCUT2D eigenvalue weighted by Crippen LogP contribution is 2.13. The van der Waals surface area contributed by atoms with E-state index in [1.165, 1.54) is 31.5 Å². The Morgan fingerprint density at radius 2 is 2.06 bits per heavy atom. The maximum Gasteiger partial charge on any atom is 0.123 e. The van der Waals surface area contributed by atoms with Crippen LogP contribution in [0, 0.1) is 5.82 Å². The van der Waals surface area contributed by atoms with Gasteiger partial charge in [-0.1, -0.05) is 12.1 Å². The first-order valence-corrected chi connectivity index (χ1v) is 5.91. The van der Waals surface area contributed by atoms with Gasteiger partial charge in [0.25, 0.3) is 0 Å². The fourth-order valence-corrected chi connectivity index (χ4v) is 2.22. The molecule has 1 N–H and O–H groups in total. The van der Waals surface area contributed by atoms with Crippen LogP contribution in [0.2, 0.25) is 0 Å². The lowest BCUT2D eigenvalue weighted by molar-refractivity contribution is 0.300. The predicted molar refractivity (Wildman–Crippen MR) is 71.0 cm³/mol. The molecule has 4 heteroatoms. The summed E-state index contributed by atoms with van der Waals surface area (Å²) in [5, 5.41) is 3.43. The predicted octanol–water partition coefficient (Wildman–Crippen LogP) is 2.43. The first-order chi connectivity index (χ1) is 7.75. The van der Waals surface area contributed by atoms with Crippen LogP contribution in [0.3, 0.4) is 0 Å². The minimum atomic E-state index is -0.167. The van der Waals surface area contributed by atoms with Crippen LogP contribution in [0.25, 0.3) is 0 Å². The molecule has 0 radical (unpaired) electrons.